The Balaban J connectivity index is 1.82. The molecule has 0 radical (unpaired) electrons. The zero-order valence-electron chi connectivity index (χ0n) is 21.0. The first-order valence-electron chi connectivity index (χ1n) is 11.6. The van der Waals surface area contributed by atoms with Crippen molar-refractivity contribution in [1.82, 2.24) is 15.0 Å². The summed E-state index contributed by atoms with van der Waals surface area (Å²) in [6.07, 6.45) is 0. The number of rotatable bonds is 3. The average molecular weight is 371 g/mol. The molecule has 3 aromatic carbocycles. The molecule has 0 aliphatic rings. The number of hydrogen-bond donors (Lipinski definition) is 0. The van der Waals surface area contributed by atoms with Gasteiger partial charge in [-0.2, -0.15) is 0 Å². The fourth-order valence-electron chi connectivity index (χ4n) is 2.74. The first-order valence-corrected chi connectivity index (χ1v) is 9.07. The molecule has 1 heterocycles. The van der Waals surface area contributed by atoms with Gasteiger partial charge < -0.3 is 0 Å². The van der Waals surface area contributed by atoms with E-state index in [1.807, 2.05) is 51.1 Å². The van der Waals surface area contributed by atoms with Gasteiger partial charge in [-0.3, -0.25) is 0 Å². The Hall–Kier alpha value is -3.33. The number of nitrogens with zero attached hydrogens (tertiary/aromatic N) is 3. The molecule has 28 heavy (non-hydrogen) atoms. The fraction of sp³-hybridized carbons (Fsp3) is 0.160. The maximum absolute atomic E-state index is 8.21. The minimum Gasteiger partial charge on any atom is -0.212 e. The first-order chi connectivity index (χ1) is 15.6. The predicted molar refractivity (Wildman–Crippen MR) is 115 cm³/mol. The van der Waals surface area contributed by atoms with Gasteiger partial charge in [0.15, 0.2) is 11.6 Å². The normalized spacial score (nSPS) is 13.9. The first kappa shape index (κ1) is 12.9. The van der Waals surface area contributed by atoms with E-state index in [9.17, 15) is 0 Å². The number of hydrogen-bond acceptors (Lipinski definition) is 3. The Morgan fingerprint density at radius 3 is 1.71 bits per heavy atom. The van der Waals surface area contributed by atoms with E-state index < -0.39 is 6.04 Å². The van der Waals surface area contributed by atoms with Crippen molar-refractivity contribution >= 4 is 0 Å². The summed E-state index contributed by atoms with van der Waals surface area (Å²) in [5.74, 6) is 1.77. The number of benzene rings is 3. The molecule has 0 N–H and O–H groups in total. The Bertz CT molecular complexity index is 1300. The second-order valence-corrected chi connectivity index (χ2v) is 7.50. The van der Waals surface area contributed by atoms with Crippen molar-refractivity contribution < 1.29 is 6.85 Å². The Morgan fingerprint density at radius 1 is 0.607 bits per heavy atom. The molecule has 0 aliphatic carbocycles. The predicted octanol–water partition coefficient (Wildman–Crippen LogP) is 6.17. The van der Waals surface area contributed by atoms with E-state index in [2.05, 4.69) is 9.97 Å². The highest BCUT2D eigenvalue weighted by molar-refractivity contribution is 5.68. The Morgan fingerprint density at radius 2 is 1.14 bits per heavy atom. The second-order valence-electron chi connectivity index (χ2n) is 7.50. The van der Waals surface area contributed by atoms with Gasteiger partial charge in [-0.25, -0.2) is 15.0 Å². The third kappa shape index (κ3) is 3.84. The van der Waals surface area contributed by atoms with E-state index in [-0.39, 0.29) is 35.1 Å². The standard InChI is InChI=1S/C25H23N3/c1-25(2,3)24-27-22(20-12-8-5-9-13-20)26-23(28-24)21-16-14-19(15-17-21)18-10-6-4-7-11-18/h4-17H,1-3H3/i4D,6D,7D,10D,11D. The molecule has 0 saturated carbocycles. The highest BCUT2D eigenvalue weighted by Crippen LogP contribution is 2.27. The lowest BCUT2D eigenvalue weighted by Crippen LogP contribution is -2.18. The maximum atomic E-state index is 8.21. The summed E-state index contributed by atoms with van der Waals surface area (Å²) in [7, 11) is 0. The van der Waals surface area contributed by atoms with Crippen LogP contribution >= 0.6 is 0 Å². The van der Waals surface area contributed by atoms with Gasteiger partial charge in [0, 0.05) is 16.5 Å². The van der Waals surface area contributed by atoms with E-state index >= 15 is 0 Å². The molecular weight excluding hydrogens is 342 g/mol. The molecule has 0 bridgehead atoms. The smallest absolute Gasteiger partial charge is 0.163 e. The third-order valence-corrected chi connectivity index (χ3v) is 4.27. The van der Waals surface area contributed by atoms with Crippen LogP contribution in [0.4, 0.5) is 0 Å². The van der Waals surface area contributed by atoms with Gasteiger partial charge in [0.25, 0.3) is 0 Å². The molecule has 4 aromatic rings. The Kier molecular flexibility index (Phi) is 3.40. The van der Waals surface area contributed by atoms with Crippen molar-refractivity contribution in [2.45, 2.75) is 26.2 Å². The molecule has 0 amide bonds. The minimum atomic E-state index is -0.404. The van der Waals surface area contributed by atoms with E-state index in [0.717, 1.165) is 11.1 Å². The van der Waals surface area contributed by atoms with Crippen LogP contribution in [0.15, 0.2) is 84.8 Å². The fourth-order valence-corrected chi connectivity index (χ4v) is 2.74. The summed E-state index contributed by atoms with van der Waals surface area (Å²) in [5, 5.41) is 0. The summed E-state index contributed by atoms with van der Waals surface area (Å²) in [6, 6.07) is 15.2. The SMILES string of the molecule is [2H]c1c([2H])c([2H])c(-c2ccc(-c3nc(-c4ccccc4)nc(C(C)(C)C)n3)cc2)c([2H])c1[2H]. The monoisotopic (exact) mass is 370 g/mol. The molecule has 0 spiro atoms. The molecule has 0 saturated heterocycles. The van der Waals surface area contributed by atoms with Crippen LogP contribution < -0.4 is 0 Å². The molecule has 3 heteroatoms. The molecule has 0 fully saturated rings. The van der Waals surface area contributed by atoms with E-state index in [1.54, 1.807) is 24.3 Å². The quantitative estimate of drug-likeness (QED) is 0.433. The zero-order valence-corrected chi connectivity index (χ0v) is 16.0. The van der Waals surface area contributed by atoms with Crippen LogP contribution in [0, 0.1) is 0 Å². The highest BCUT2D eigenvalue weighted by Gasteiger charge is 2.21. The van der Waals surface area contributed by atoms with Crippen LogP contribution in [0.2, 0.25) is 0 Å². The summed E-state index contributed by atoms with van der Waals surface area (Å²) < 4.78 is 40.0. The molecule has 4 rings (SSSR count). The van der Waals surface area contributed by atoms with Crippen LogP contribution in [0.5, 0.6) is 0 Å². The van der Waals surface area contributed by atoms with Crippen molar-refractivity contribution in [3.8, 4) is 33.9 Å². The van der Waals surface area contributed by atoms with E-state index in [1.165, 1.54) is 0 Å². The van der Waals surface area contributed by atoms with Gasteiger partial charge in [0.05, 0.1) is 6.85 Å². The summed E-state index contributed by atoms with van der Waals surface area (Å²) in [6.45, 7) is 6.13. The van der Waals surface area contributed by atoms with Crippen molar-refractivity contribution in [2.24, 2.45) is 0 Å². The zero-order chi connectivity index (χ0) is 23.9. The molecule has 0 atom stereocenters. The van der Waals surface area contributed by atoms with E-state index in [4.69, 9.17) is 11.8 Å². The summed E-state index contributed by atoms with van der Waals surface area (Å²) in [4.78, 5) is 14.1. The van der Waals surface area contributed by atoms with Crippen molar-refractivity contribution in [1.29, 1.82) is 0 Å². The van der Waals surface area contributed by atoms with Crippen LogP contribution in [0.25, 0.3) is 33.9 Å². The van der Waals surface area contributed by atoms with Crippen molar-refractivity contribution in [3.63, 3.8) is 0 Å². The van der Waals surface area contributed by atoms with Gasteiger partial charge in [-0.15, -0.1) is 0 Å². The van der Waals surface area contributed by atoms with Crippen LogP contribution in [0.1, 0.15) is 33.4 Å². The summed E-state index contributed by atoms with van der Waals surface area (Å²) >= 11 is 0. The lowest BCUT2D eigenvalue weighted by atomic mass is 9.95. The highest BCUT2D eigenvalue weighted by atomic mass is 15.0. The molecule has 3 nitrogen and oxygen atoms in total. The van der Waals surface area contributed by atoms with Gasteiger partial charge in [0.2, 0.25) is 0 Å². The van der Waals surface area contributed by atoms with Crippen molar-refractivity contribution in [3.05, 3.63) is 90.6 Å². The largest absolute Gasteiger partial charge is 0.212 e. The summed E-state index contributed by atoms with van der Waals surface area (Å²) in [5.41, 5.74) is 2.06. The third-order valence-electron chi connectivity index (χ3n) is 4.27. The van der Waals surface area contributed by atoms with Crippen molar-refractivity contribution in [2.75, 3.05) is 0 Å². The van der Waals surface area contributed by atoms with Crippen LogP contribution in [-0.4, -0.2) is 15.0 Å². The van der Waals surface area contributed by atoms with Gasteiger partial charge in [0.1, 0.15) is 5.82 Å². The lowest BCUT2D eigenvalue weighted by molar-refractivity contribution is 0.543. The Labute approximate surface area is 173 Å². The van der Waals surface area contributed by atoms with Gasteiger partial charge >= 0.3 is 0 Å². The van der Waals surface area contributed by atoms with Crippen LogP contribution in [-0.2, 0) is 5.41 Å². The molecule has 138 valence electrons. The van der Waals surface area contributed by atoms with Gasteiger partial charge in [-0.05, 0) is 11.1 Å². The second kappa shape index (κ2) is 7.35. The molecule has 0 aliphatic heterocycles. The lowest BCUT2D eigenvalue weighted by Gasteiger charge is -2.18. The topological polar surface area (TPSA) is 38.7 Å². The maximum Gasteiger partial charge on any atom is 0.163 e. The average Bonchev–Trinajstić information content (AvgIpc) is 2.82. The molecule has 0 unspecified atom stereocenters. The van der Waals surface area contributed by atoms with E-state index in [0.29, 0.717) is 23.0 Å². The minimum absolute atomic E-state index is 0.170. The molecular formula is C25H23N3. The van der Waals surface area contributed by atoms with Crippen LogP contribution in [0.3, 0.4) is 0 Å². The molecule has 1 aromatic heterocycles. The number of aromatic nitrogens is 3. The van der Waals surface area contributed by atoms with Gasteiger partial charge in [-0.1, -0.05) is 106 Å².